The molecule has 1 aromatic heterocycles. The molecule has 7 heteroatoms. The van der Waals surface area contributed by atoms with Crippen LogP contribution in [0.5, 0.6) is 5.75 Å². The Morgan fingerprint density at radius 3 is 3.00 bits per heavy atom. The number of fused-ring (bicyclic) bond motifs is 1. The van der Waals surface area contributed by atoms with Gasteiger partial charge >= 0.3 is 5.97 Å². The lowest BCUT2D eigenvalue weighted by Crippen LogP contribution is -2.53. The molecule has 0 spiro atoms. The summed E-state index contributed by atoms with van der Waals surface area (Å²) in [5.41, 5.74) is 1.35. The predicted molar refractivity (Wildman–Crippen MR) is 80.4 cm³/mol. The zero-order valence-electron chi connectivity index (χ0n) is 12.7. The molecule has 1 aliphatic heterocycles. The number of methoxy groups -OCH3 is 1. The molecule has 23 heavy (non-hydrogen) atoms. The van der Waals surface area contributed by atoms with Gasteiger partial charge in [-0.1, -0.05) is 0 Å². The fourth-order valence-corrected chi connectivity index (χ4v) is 2.70. The number of benzene rings is 1. The van der Waals surface area contributed by atoms with Gasteiger partial charge < -0.3 is 23.9 Å². The number of rotatable bonds is 4. The first-order valence-corrected chi connectivity index (χ1v) is 7.24. The van der Waals surface area contributed by atoms with E-state index in [2.05, 4.69) is 0 Å². The van der Waals surface area contributed by atoms with Gasteiger partial charge in [0, 0.05) is 23.6 Å². The summed E-state index contributed by atoms with van der Waals surface area (Å²) >= 11 is 0. The number of ether oxygens (including phenoxy) is 2. The minimum Gasteiger partial charge on any atom is -0.497 e. The van der Waals surface area contributed by atoms with E-state index in [-0.39, 0.29) is 25.5 Å². The topological polar surface area (TPSA) is 89.2 Å². The quantitative estimate of drug-likeness (QED) is 0.913. The van der Waals surface area contributed by atoms with E-state index in [4.69, 9.17) is 13.9 Å². The maximum Gasteiger partial charge on any atom is 0.328 e. The number of hydrogen-bond donors (Lipinski definition) is 1. The second kappa shape index (κ2) is 6.29. The van der Waals surface area contributed by atoms with Gasteiger partial charge in [-0.3, -0.25) is 4.79 Å². The van der Waals surface area contributed by atoms with Crippen LogP contribution in [-0.4, -0.2) is 54.8 Å². The Morgan fingerprint density at radius 2 is 2.26 bits per heavy atom. The van der Waals surface area contributed by atoms with Crippen molar-refractivity contribution in [2.75, 3.05) is 26.9 Å². The molecule has 1 aliphatic rings. The van der Waals surface area contributed by atoms with Crippen molar-refractivity contribution in [2.24, 2.45) is 0 Å². The summed E-state index contributed by atoms with van der Waals surface area (Å²) in [6, 6.07) is 4.43. The zero-order valence-corrected chi connectivity index (χ0v) is 12.7. The van der Waals surface area contributed by atoms with E-state index in [1.54, 1.807) is 19.2 Å². The largest absolute Gasteiger partial charge is 0.497 e. The van der Waals surface area contributed by atoms with Crippen molar-refractivity contribution in [3.8, 4) is 5.75 Å². The smallest absolute Gasteiger partial charge is 0.328 e. The summed E-state index contributed by atoms with van der Waals surface area (Å²) < 4.78 is 15.7. The molecule has 1 N–H and O–H groups in total. The third-order valence-electron chi connectivity index (χ3n) is 3.94. The van der Waals surface area contributed by atoms with Crippen LogP contribution >= 0.6 is 0 Å². The fraction of sp³-hybridized carbons (Fsp3) is 0.375. The van der Waals surface area contributed by atoms with Crippen molar-refractivity contribution >= 4 is 22.8 Å². The van der Waals surface area contributed by atoms with Crippen LogP contribution in [0.2, 0.25) is 0 Å². The average molecular weight is 319 g/mol. The number of carbonyl (C=O) groups is 2. The molecule has 1 amide bonds. The molecule has 2 aromatic rings. The van der Waals surface area contributed by atoms with Gasteiger partial charge in [-0.15, -0.1) is 0 Å². The second-order valence-electron chi connectivity index (χ2n) is 5.32. The fourth-order valence-electron chi connectivity index (χ4n) is 2.70. The number of amides is 1. The molecule has 1 aromatic carbocycles. The van der Waals surface area contributed by atoms with Crippen molar-refractivity contribution in [2.45, 2.75) is 12.5 Å². The molecular weight excluding hydrogens is 302 g/mol. The summed E-state index contributed by atoms with van der Waals surface area (Å²) in [6.07, 6.45) is 1.61. The Balaban J connectivity index is 1.81. The lowest BCUT2D eigenvalue weighted by atomic mass is 10.1. The average Bonchev–Trinajstić information content (AvgIpc) is 2.96. The summed E-state index contributed by atoms with van der Waals surface area (Å²) in [5.74, 6) is -0.636. The molecule has 1 fully saturated rings. The van der Waals surface area contributed by atoms with Crippen molar-refractivity contribution in [1.82, 2.24) is 4.90 Å². The Bertz CT molecular complexity index is 737. The number of nitrogens with zero attached hydrogens (tertiary/aromatic N) is 1. The van der Waals surface area contributed by atoms with Crippen LogP contribution in [0.1, 0.15) is 5.56 Å². The minimum atomic E-state index is -1.06. The number of carbonyl (C=O) groups excluding carboxylic acids is 1. The molecule has 0 saturated carbocycles. The van der Waals surface area contributed by atoms with Crippen LogP contribution in [0.25, 0.3) is 11.0 Å². The minimum absolute atomic E-state index is 0.0183. The predicted octanol–water partition coefficient (Wildman–Crippen LogP) is 1.30. The van der Waals surface area contributed by atoms with Crippen LogP contribution in [-0.2, 0) is 20.7 Å². The second-order valence-corrected chi connectivity index (χ2v) is 5.32. The van der Waals surface area contributed by atoms with E-state index < -0.39 is 12.0 Å². The van der Waals surface area contributed by atoms with Gasteiger partial charge in [0.05, 0.1) is 33.0 Å². The Morgan fingerprint density at radius 1 is 1.43 bits per heavy atom. The van der Waals surface area contributed by atoms with E-state index in [1.165, 1.54) is 11.2 Å². The molecule has 0 radical (unpaired) electrons. The molecule has 1 atom stereocenters. The van der Waals surface area contributed by atoms with E-state index in [0.29, 0.717) is 17.9 Å². The van der Waals surface area contributed by atoms with E-state index in [1.807, 2.05) is 6.07 Å². The first-order chi connectivity index (χ1) is 11.1. The maximum absolute atomic E-state index is 12.5. The monoisotopic (exact) mass is 319 g/mol. The van der Waals surface area contributed by atoms with E-state index in [9.17, 15) is 14.7 Å². The third kappa shape index (κ3) is 3.00. The van der Waals surface area contributed by atoms with Crippen LogP contribution < -0.4 is 4.74 Å². The molecular formula is C16H17NO6. The SMILES string of the molecule is COc1ccc2c(CC(=O)N3CCOC[C@@H]3C(=O)O)coc2c1. The number of morpholine rings is 1. The number of furan rings is 1. The van der Waals surface area contributed by atoms with E-state index in [0.717, 1.165) is 10.9 Å². The van der Waals surface area contributed by atoms with Crippen LogP contribution in [0.4, 0.5) is 0 Å². The molecule has 2 heterocycles. The maximum atomic E-state index is 12.5. The summed E-state index contributed by atoms with van der Waals surface area (Å²) in [4.78, 5) is 25.1. The van der Waals surface area contributed by atoms with Crippen molar-refractivity contribution in [3.63, 3.8) is 0 Å². The standard InChI is InChI=1S/C16H17NO6/c1-21-11-2-3-12-10(8-23-14(12)7-11)6-15(18)17-4-5-22-9-13(17)16(19)20/h2-3,7-8,13H,4-6,9H2,1H3,(H,19,20)/t13-/m1/s1. The highest BCUT2D eigenvalue weighted by molar-refractivity contribution is 5.90. The van der Waals surface area contributed by atoms with Gasteiger partial charge in [0.1, 0.15) is 11.3 Å². The van der Waals surface area contributed by atoms with Gasteiger partial charge in [-0.05, 0) is 12.1 Å². The normalized spacial score (nSPS) is 18.1. The zero-order chi connectivity index (χ0) is 16.4. The molecule has 1 saturated heterocycles. The number of aliphatic carboxylic acids is 1. The lowest BCUT2D eigenvalue weighted by molar-refractivity contribution is -0.157. The molecule has 0 unspecified atom stereocenters. The van der Waals surface area contributed by atoms with Crippen molar-refractivity contribution < 1.29 is 28.6 Å². The van der Waals surface area contributed by atoms with Gasteiger partial charge in [0.2, 0.25) is 5.91 Å². The van der Waals surface area contributed by atoms with E-state index >= 15 is 0 Å². The summed E-state index contributed by atoms with van der Waals surface area (Å²) in [7, 11) is 1.57. The highest BCUT2D eigenvalue weighted by Crippen LogP contribution is 2.26. The van der Waals surface area contributed by atoms with Crippen LogP contribution in [0, 0.1) is 0 Å². The number of carboxylic acid groups (broad SMARTS) is 1. The van der Waals surface area contributed by atoms with Gasteiger partial charge in [0.25, 0.3) is 0 Å². The van der Waals surface area contributed by atoms with Crippen molar-refractivity contribution in [3.05, 3.63) is 30.0 Å². The highest BCUT2D eigenvalue weighted by atomic mass is 16.5. The van der Waals surface area contributed by atoms with Gasteiger partial charge in [0.15, 0.2) is 6.04 Å². The van der Waals surface area contributed by atoms with Crippen LogP contribution in [0.15, 0.2) is 28.9 Å². The number of hydrogen-bond acceptors (Lipinski definition) is 5. The lowest BCUT2D eigenvalue weighted by Gasteiger charge is -2.32. The Labute approximate surface area is 132 Å². The Hall–Kier alpha value is -2.54. The molecule has 122 valence electrons. The van der Waals surface area contributed by atoms with Gasteiger partial charge in [-0.2, -0.15) is 0 Å². The molecule has 0 aliphatic carbocycles. The van der Waals surface area contributed by atoms with Crippen molar-refractivity contribution in [1.29, 1.82) is 0 Å². The first-order valence-electron chi connectivity index (χ1n) is 7.24. The Kier molecular flexibility index (Phi) is 4.20. The molecule has 3 rings (SSSR count). The van der Waals surface area contributed by atoms with Gasteiger partial charge in [-0.25, -0.2) is 4.79 Å². The summed E-state index contributed by atoms with van der Waals surface area (Å²) in [5, 5.41) is 10.0. The highest BCUT2D eigenvalue weighted by Gasteiger charge is 2.32. The summed E-state index contributed by atoms with van der Waals surface area (Å²) in [6.45, 7) is 0.642. The number of carboxylic acids is 1. The first kappa shape index (κ1) is 15.4. The molecule has 7 nitrogen and oxygen atoms in total. The third-order valence-corrected chi connectivity index (χ3v) is 3.94. The van der Waals surface area contributed by atoms with Crippen LogP contribution in [0.3, 0.4) is 0 Å². The molecule has 0 bridgehead atoms.